The van der Waals surface area contributed by atoms with E-state index in [1.54, 1.807) is 7.11 Å². The van der Waals surface area contributed by atoms with E-state index in [9.17, 15) is 4.79 Å². The Balaban J connectivity index is 1.38. The van der Waals surface area contributed by atoms with Gasteiger partial charge in [0.1, 0.15) is 11.5 Å². The number of carbonyl (C=O) groups is 1. The number of methoxy groups -OCH3 is 1. The third kappa shape index (κ3) is 6.48. The summed E-state index contributed by atoms with van der Waals surface area (Å²) < 4.78 is 10.8. The molecule has 1 fully saturated rings. The first-order chi connectivity index (χ1) is 14.2. The van der Waals surface area contributed by atoms with Crippen LogP contribution in [-0.4, -0.2) is 62.1 Å². The van der Waals surface area contributed by atoms with E-state index in [2.05, 4.69) is 27.2 Å². The molecule has 0 spiro atoms. The molecule has 0 saturated carbocycles. The second-order valence-corrected chi connectivity index (χ2v) is 7.22. The molecule has 156 valence electrons. The van der Waals surface area contributed by atoms with Crippen LogP contribution in [0.15, 0.2) is 48.5 Å². The number of para-hydroxylation sites is 1. The zero-order valence-corrected chi connectivity index (χ0v) is 17.4. The van der Waals surface area contributed by atoms with Crippen LogP contribution < -0.4 is 14.8 Å². The van der Waals surface area contributed by atoms with Gasteiger partial charge in [0, 0.05) is 44.8 Å². The first kappa shape index (κ1) is 21.1. The van der Waals surface area contributed by atoms with Crippen molar-refractivity contribution in [3.8, 4) is 11.5 Å². The van der Waals surface area contributed by atoms with Gasteiger partial charge in [-0.25, -0.2) is 0 Å². The monoisotopic (exact) mass is 397 g/mol. The van der Waals surface area contributed by atoms with Crippen molar-refractivity contribution in [3.63, 3.8) is 0 Å². The van der Waals surface area contributed by atoms with Crippen molar-refractivity contribution in [2.24, 2.45) is 0 Å². The number of piperazine rings is 1. The van der Waals surface area contributed by atoms with Gasteiger partial charge in [-0.1, -0.05) is 30.3 Å². The fourth-order valence-electron chi connectivity index (χ4n) is 3.52. The minimum Gasteiger partial charge on any atom is -0.496 e. The van der Waals surface area contributed by atoms with Crippen LogP contribution in [0.4, 0.5) is 0 Å². The summed E-state index contributed by atoms with van der Waals surface area (Å²) >= 11 is 0. The topological polar surface area (TPSA) is 54.0 Å². The molecule has 1 aliphatic heterocycles. The molecule has 1 amide bonds. The van der Waals surface area contributed by atoms with Crippen LogP contribution in [0.1, 0.15) is 18.1 Å². The summed E-state index contributed by atoms with van der Waals surface area (Å²) in [7, 11) is 1.65. The second-order valence-electron chi connectivity index (χ2n) is 7.22. The van der Waals surface area contributed by atoms with Gasteiger partial charge in [-0.15, -0.1) is 0 Å². The van der Waals surface area contributed by atoms with E-state index in [-0.39, 0.29) is 5.91 Å². The largest absolute Gasteiger partial charge is 0.496 e. The highest BCUT2D eigenvalue weighted by atomic mass is 16.5. The summed E-state index contributed by atoms with van der Waals surface area (Å²) in [6, 6.07) is 16.1. The highest BCUT2D eigenvalue weighted by Crippen LogP contribution is 2.17. The maximum Gasteiger partial charge on any atom is 0.234 e. The van der Waals surface area contributed by atoms with Crippen LogP contribution in [0.25, 0.3) is 0 Å². The van der Waals surface area contributed by atoms with Gasteiger partial charge in [-0.2, -0.15) is 0 Å². The fraction of sp³-hybridized carbons (Fsp3) is 0.435. The Morgan fingerprint density at radius 1 is 1.00 bits per heavy atom. The molecular weight excluding hydrogens is 366 g/mol. The van der Waals surface area contributed by atoms with Crippen LogP contribution in [-0.2, 0) is 17.9 Å². The predicted octanol–water partition coefficient (Wildman–Crippen LogP) is 2.53. The SMILES string of the molecule is CCOc1ccc(CN2CCN(CC(=O)NCc3ccccc3OC)CC2)cc1. The lowest BCUT2D eigenvalue weighted by atomic mass is 10.2. The van der Waals surface area contributed by atoms with Crippen LogP contribution >= 0.6 is 0 Å². The molecule has 1 aliphatic rings. The minimum absolute atomic E-state index is 0.0517. The van der Waals surface area contributed by atoms with Crippen molar-refractivity contribution in [3.05, 3.63) is 59.7 Å². The van der Waals surface area contributed by atoms with Crippen LogP contribution in [0.3, 0.4) is 0 Å². The number of benzene rings is 2. The Bertz CT molecular complexity index is 771. The molecule has 0 unspecified atom stereocenters. The third-order valence-electron chi connectivity index (χ3n) is 5.14. The minimum atomic E-state index is 0.0517. The Labute approximate surface area is 173 Å². The van der Waals surface area contributed by atoms with Gasteiger partial charge in [0.2, 0.25) is 5.91 Å². The molecule has 3 rings (SSSR count). The normalized spacial score (nSPS) is 15.1. The summed E-state index contributed by atoms with van der Waals surface area (Å²) in [5.41, 5.74) is 2.28. The average molecular weight is 398 g/mol. The van der Waals surface area contributed by atoms with Crippen LogP contribution in [0.2, 0.25) is 0 Å². The first-order valence-corrected chi connectivity index (χ1v) is 10.2. The summed E-state index contributed by atoms with van der Waals surface area (Å²) in [6.45, 7) is 8.27. The van der Waals surface area contributed by atoms with E-state index in [0.717, 1.165) is 49.8 Å². The Hall–Kier alpha value is -2.57. The first-order valence-electron chi connectivity index (χ1n) is 10.2. The van der Waals surface area contributed by atoms with Crippen molar-refractivity contribution in [2.45, 2.75) is 20.0 Å². The fourth-order valence-corrected chi connectivity index (χ4v) is 3.52. The summed E-state index contributed by atoms with van der Waals surface area (Å²) in [5.74, 6) is 1.77. The second kappa shape index (κ2) is 10.8. The lowest BCUT2D eigenvalue weighted by molar-refractivity contribution is -0.122. The van der Waals surface area contributed by atoms with E-state index in [1.807, 2.05) is 43.3 Å². The molecule has 29 heavy (non-hydrogen) atoms. The molecule has 6 heteroatoms. The van der Waals surface area contributed by atoms with Crippen molar-refractivity contribution in [1.82, 2.24) is 15.1 Å². The third-order valence-corrected chi connectivity index (χ3v) is 5.14. The smallest absolute Gasteiger partial charge is 0.234 e. The molecule has 6 nitrogen and oxygen atoms in total. The number of carbonyl (C=O) groups excluding carboxylic acids is 1. The molecule has 0 radical (unpaired) electrons. The molecule has 0 aliphatic carbocycles. The average Bonchev–Trinajstić information content (AvgIpc) is 2.75. The van der Waals surface area contributed by atoms with Crippen LogP contribution in [0, 0.1) is 0 Å². The number of amides is 1. The van der Waals surface area contributed by atoms with Gasteiger partial charge in [-0.3, -0.25) is 14.6 Å². The van der Waals surface area contributed by atoms with Crippen molar-refractivity contribution >= 4 is 5.91 Å². The van der Waals surface area contributed by atoms with Gasteiger partial charge in [0.05, 0.1) is 20.3 Å². The van der Waals surface area contributed by atoms with Crippen molar-refractivity contribution < 1.29 is 14.3 Å². The highest BCUT2D eigenvalue weighted by molar-refractivity contribution is 5.78. The molecule has 0 aromatic heterocycles. The molecule has 0 atom stereocenters. The summed E-state index contributed by atoms with van der Waals surface area (Å²) in [5, 5.41) is 3.00. The molecular formula is C23H31N3O3. The maximum absolute atomic E-state index is 12.3. The van der Waals surface area contributed by atoms with Gasteiger partial charge < -0.3 is 14.8 Å². The summed E-state index contributed by atoms with van der Waals surface area (Å²) in [6.07, 6.45) is 0. The quantitative estimate of drug-likeness (QED) is 0.705. The van der Waals surface area contributed by atoms with Gasteiger partial charge in [-0.05, 0) is 30.7 Å². The zero-order valence-electron chi connectivity index (χ0n) is 17.4. The highest BCUT2D eigenvalue weighted by Gasteiger charge is 2.19. The lowest BCUT2D eigenvalue weighted by Crippen LogP contribution is -2.49. The maximum atomic E-state index is 12.3. The summed E-state index contributed by atoms with van der Waals surface area (Å²) in [4.78, 5) is 17.0. The number of rotatable bonds is 9. The Morgan fingerprint density at radius 2 is 1.69 bits per heavy atom. The van der Waals surface area contributed by atoms with E-state index in [1.165, 1.54) is 5.56 Å². The standard InChI is InChI=1S/C23H31N3O3/c1-3-29-21-10-8-19(9-11-21)17-25-12-14-26(15-13-25)18-23(27)24-16-20-6-4-5-7-22(20)28-2/h4-11H,3,12-18H2,1-2H3,(H,24,27). The molecule has 1 heterocycles. The number of hydrogen-bond donors (Lipinski definition) is 1. The molecule has 1 saturated heterocycles. The Kier molecular flexibility index (Phi) is 7.90. The number of nitrogens with zero attached hydrogens (tertiary/aromatic N) is 2. The molecule has 2 aromatic rings. The van der Waals surface area contributed by atoms with Crippen LogP contribution in [0.5, 0.6) is 11.5 Å². The van der Waals surface area contributed by atoms with E-state index in [0.29, 0.717) is 19.7 Å². The number of ether oxygens (including phenoxy) is 2. The van der Waals surface area contributed by atoms with Gasteiger partial charge in [0.15, 0.2) is 0 Å². The van der Waals surface area contributed by atoms with Crippen molar-refractivity contribution in [1.29, 1.82) is 0 Å². The van der Waals surface area contributed by atoms with E-state index >= 15 is 0 Å². The number of nitrogens with one attached hydrogen (secondary N) is 1. The lowest BCUT2D eigenvalue weighted by Gasteiger charge is -2.34. The Morgan fingerprint density at radius 3 is 2.38 bits per heavy atom. The van der Waals surface area contributed by atoms with E-state index < -0.39 is 0 Å². The molecule has 2 aromatic carbocycles. The van der Waals surface area contributed by atoms with Gasteiger partial charge in [0.25, 0.3) is 0 Å². The van der Waals surface area contributed by atoms with E-state index in [4.69, 9.17) is 9.47 Å². The van der Waals surface area contributed by atoms with Gasteiger partial charge >= 0.3 is 0 Å². The number of hydrogen-bond acceptors (Lipinski definition) is 5. The predicted molar refractivity (Wildman–Crippen MR) is 114 cm³/mol. The molecule has 0 bridgehead atoms. The van der Waals surface area contributed by atoms with Crippen molar-refractivity contribution in [2.75, 3.05) is 46.4 Å². The molecule has 1 N–H and O–H groups in total. The zero-order chi connectivity index (χ0) is 20.5.